The molecule has 1 aliphatic carbocycles. The lowest BCUT2D eigenvalue weighted by Crippen LogP contribution is -2.17. The normalized spacial score (nSPS) is 13.5. The van der Waals surface area contributed by atoms with E-state index in [1.54, 1.807) is 13.2 Å². The second kappa shape index (κ2) is 6.43. The second-order valence-corrected chi connectivity index (χ2v) is 6.07. The van der Waals surface area contributed by atoms with E-state index in [0.717, 1.165) is 18.4 Å². The van der Waals surface area contributed by atoms with Crippen LogP contribution >= 0.6 is 0 Å². The van der Waals surface area contributed by atoms with Crippen molar-refractivity contribution in [3.05, 3.63) is 76.3 Å². The number of nitrogens with zero attached hydrogens (tertiary/aromatic N) is 1. The van der Waals surface area contributed by atoms with E-state index in [9.17, 15) is 4.79 Å². The van der Waals surface area contributed by atoms with Gasteiger partial charge in [-0.1, -0.05) is 24.3 Å². The van der Waals surface area contributed by atoms with Gasteiger partial charge < -0.3 is 14.5 Å². The first-order valence-electron chi connectivity index (χ1n) is 8.20. The average molecular weight is 334 g/mol. The quantitative estimate of drug-likeness (QED) is 0.797. The number of fused-ring (bicyclic) bond motifs is 1. The van der Waals surface area contributed by atoms with Crippen molar-refractivity contribution < 1.29 is 9.47 Å². The first-order chi connectivity index (χ1) is 12.2. The molecule has 1 aromatic heterocycles. The molecule has 0 bridgehead atoms. The lowest BCUT2D eigenvalue weighted by molar-refractivity contribution is 0.204. The number of hydrogen-bond donors (Lipinski definition) is 1. The summed E-state index contributed by atoms with van der Waals surface area (Å²) in [6.07, 6.45) is 3.34. The number of rotatable bonds is 4. The van der Waals surface area contributed by atoms with Gasteiger partial charge in [-0.2, -0.15) is 0 Å². The van der Waals surface area contributed by atoms with Crippen molar-refractivity contribution in [2.45, 2.75) is 18.9 Å². The molecule has 0 fully saturated rings. The molecule has 3 aromatic rings. The van der Waals surface area contributed by atoms with E-state index in [2.05, 4.69) is 34.2 Å². The summed E-state index contributed by atoms with van der Waals surface area (Å²) in [4.78, 5) is 17.8. The standard InChI is InChI=1S/C20H18N2O3/c1-24-18-7-6-15(17-8-9-21-20(23)22-17)12-19(18)25-16-10-13-4-2-3-5-14(13)11-16/h2-9,12,16H,10-11H2,1H3,(H,21,22,23). The number of hydrogen-bond acceptors (Lipinski definition) is 4. The number of H-pyrrole nitrogens is 1. The fraction of sp³-hybridized carbons (Fsp3) is 0.200. The highest BCUT2D eigenvalue weighted by Gasteiger charge is 2.23. The van der Waals surface area contributed by atoms with Gasteiger partial charge in [0.2, 0.25) is 0 Å². The Morgan fingerprint density at radius 1 is 1.04 bits per heavy atom. The topological polar surface area (TPSA) is 64.2 Å². The SMILES string of the molecule is COc1ccc(-c2ccnc(=O)[nH]2)cc1OC1Cc2ccccc2C1. The van der Waals surface area contributed by atoms with Gasteiger partial charge in [-0.05, 0) is 35.4 Å². The molecule has 0 atom stereocenters. The monoisotopic (exact) mass is 334 g/mol. The average Bonchev–Trinajstić information content (AvgIpc) is 3.04. The molecule has 1 aliphatic rings. The molecular weight excluding hydrogens is 316 g/mol. The first kappa shape index (κ1) is 15.4. The van der Waals surface area contributed by atoms with Crippen molar-refractivity contribution >= 4 is 0 Å². The Morgan fingerprint density at radius 2 is 1.80 bits per heavy atom. The van der Waals surface area contributed by atoms with E-state index in [0.29, 0.717) is 17.2 Å². The van der Waals surface area contributed by atoms with Crippen LogP contribution in [0.25, 0.3) is 11.3 Å². The van der Waals surface area contributed by atoms with Gasteiger partial charge in [0.1, 0.15) is 6.10 Å². The molecule has 5 nitrogen and oxygen atoms in total. The third-order valence-corrected chi connectivity index (χ3v) is 4.46. The van der Waals surface area contributed by atoms with Gasteiger partial charge in [0.15, 0.2) is 11.5 Å². The Morgan fingerprint density at radius 3 is 2.48 bits per heavy atom. The number of benzene rings is 2. The molecule has 5 heteroatoms. The predicted octanol–water partition coefficient (Wildman–Crippen LogP) is 2.99. The molecule has 0 saturated heterocycles. The van der Waals surface area contributed by atoms with Crippen molar-refractivity contribution in [3.63, 3.8) is 0 Å². The van der Waals surface area contributed by atoms with Crippen LogP contribution in [0.3, 0.4) is 0 Å². The van der Waals surface area contributed by atoms with Crippen molar-refractivity contribution in [2.24, 2.45) is 0 Å². The van der Waals surface area contributed by atoms with Gasteiger partial charge in [-0.25, -0.2) is 9.78 Å². The van der Waals surface area contributed by atoms with Crippen molar-refractivity contribution in [1.82, 2.24) is 9.97 Å². The maximum Gasteiger partial charge on any atom is 0.345 e. The summed E-state index contributed by atoms with van der Waals surface area (Å²) in [5, 5.41) is 0. The minimum Gasteiger partial charge on any atom is -0.493 e. The fourth-order valence-electron chi connectivity index (χ4n) is 3.25. The summed E-state index contributed by atoms with van der Waals surface area (Å²) in [5.41, 5.74) is 3.84. The highest BCUT2D eigenvalue weighted by atomic mass is 16.5. The summed E-state index contributed by atoms with van der Waals surface area (Å²) in [6.45, 7) is 0. The Balaban J connectivity index is 1.63. The van der Waals surface area contributed by atoms with Crippen LogP contribution in [0.15, 0.2) is 59.5 Å². The summed E-state index contributed by atoms with van der Waals surface area (Å²) in [5.74, 6) is 1.35. The van der Waals surface area contributed by atoms with E-state index >= 15 is 0 Å². The minimum absolute atomic E-state index is 0.0815. The van der Waals surface area contributed by atoms with Crippen LogP contribution in [0.2, 0.25) is 0 Å². The molecule has 0 spiro atoms. The van der Waals surface area contributed by atoms with E-state index in [1.165, 1.54) is 17.3 Å². The van der Waals surface area contributed by atoms with Crippen LogP contribution in [0.5, 0.6) is 11.5 Å². The maximum atomic E-state index is 11.5. The number of aromatic amines is 1. The number of nitrogens with one attached hydrogen (secondary N) is 1. The van der Waals surface area contributed by atoms with Crippen molar-refractivity contribution in [2.75, 3.05) is 7.11 Å². The second-order valence-electron chi connectivity index (χ2n) is 6.07. The maximum absolute atomic E-state index is 11.5. The molecule has 1 heterocycles. The lowest BCUT2D eigenvalue weighted by atomic mass is 10.1. The van der Waals surface area contributed by atoms with Crippen LogP contribution in [-0.4, -0.2) is 23.2 Å². The molecule has 1 N–H and O–H groups in total. The van der Waals surface area contributed by atoms with E-state index in [-0.39, 0.29) is 11.8 Å². The fourth-order valence-corrected chi connectivity index (χ4v) is 3.25. The summed E-state index contributed by atoms with van der Waals surface area (Å²) >= 11 is 0. The van der Waals surface area contributed by atoms with Crippen LogP contribution in [0.1, 0.15) is 11.1 Å². The van der Waals surface area contributed by atoms with Crippen LogP contribution in [0, 0.1) is 0 Å². The van der Waals surface area contributed by atoms with E-state index < -0.39 is 0 Å². The van der Waals surface area contributed by atoms with Gasteiger partial charge in [0.25, 0.3) is 0 Å². The minimum atomic E-state index is -0.373. The third-order valence-electron chi connectivity index (χ3n) is 4.46. The van der Waals surface area contributed by atoms with Crippen molar-refractivity contribution in [1.29, 1.82) is 0 Å². The number of ether oxygens (including phenoxy) is 2. The molecule has 4 rings (SSSR count). The highest BCUT2D eigenvalue weighted by Crippen LogP contribution is 2.34. The van der Waals surface area contributed by atoms with Gasteiger partial charge >= 0.3 is 5.69 Å². The predicted molar refractivity (Wildman–Crippen MR) is 95.1 cm³/mol. The molecule has 0 unspecified atom stereocenters. The number of aromatic nitrogens is 2. The van der Waals surface area contributed by atoms with E-state index in [4.69, 9.17) is 9.47 Å². The Labute approximate surface area is 145 Å². The van der Waals surface area contributed by atoms with Gasteiger partial charge in [-0.15, -0.1) is 0 Å². The van der Waals surface area contributed by atoms with Gasteiger partial charge in [-0.3, -0.25) is 0 Å². The molecular formula is C20H18N2O3. The van der Waals surface area contributed by atoms with Crippen LogP contribution < -0.4 is 15.2 Å². The Bertz CT molecular complexity index is 940. The zero-order valence-electron chi connectivity index (χ0n) is 13.9. The molecule has 0 amide bonds. The summed E-state index contributed by atoms with van der Waals surface area (Å²) < 4.78 is 11.7. The Hall–Kier alpha value is -3.08. The smallest absolute Gasteiger partial charge is 0.345 e. The Kier molecular flexibility index (Phi) is 3.98. The summed E-state index contributed by atoms with van der Waals surface area (Å²) in [6, 6.07) is 15.8. The molecule has 25 heavy (non-hydrogen) atoms. The molecule has 0 aliphatic heterocycles. The van der Waals surface area contributed by atoms with Crippen LogP contribution in [0.4, 0.5) is 0 Å². The highest BCUT2D eigenvalue weighted by molar-refractivity contribution is 5.63. The molecule has 2 aromatic carbocycles. The largest absolute Gasteiger partial charge is 0.493 e. The zero-order valence-corrected chi connectivity index (χ0v) is 13.9. The lowest BCUT2D eigenvalue weighted by Gasteiger charge is -2.17. The zero-order chi connectivity index (χ0) is 17.2. The van der Waals surface area contributed by atoms with Crippen molar-refractivity contribution in [3.8, 4) is 22.8 Å². The molecule has 126 valence electrons. The van der Waals surface area contributed by atoms with E-state index in [1.807, 2.05) is 18.2 Å². The van der Waals surface area contributed by atoms with Gasteiger partial charge in [0.05, 0.1) is 12.8 Å². The van der Waals surface area contributed by atoms with Gasteiger partial charge in [0, 0.05) is 24.6 Å². The first-order valence-corrected chi connectivity index (χ1v) is 8.20. The molecule has 0 saturated carbocycles. The molecule has 0 radical (unpaired) electrons. The number of methoxy groups -OCH3 is 1. The third kappa shape index (κ3) is 3.13. The van der Waals surface area contributed by atoms with Crippen LogP contribution in [-0.2, 0) is 12.8 Å². The summed E-state index contributed by atoms with van der Waals surface area (Å²) in [7, 11) is 1.62.